The van der Waals surface area contributed by atoms with Gasteiger partial charge in [-0.2, -0.15) is 4.31 Å². The van der Waals surface area contributed by atoms with E-state index in [1.807, 2.05) is 0 Å². The second kappa shape index (κ2) is 6.81. The number of H-pyrrole nitrogens is 1. The van der Waals surface area contributed by atoms with Gasteiger partial charge in [0.2, 0.25) is 10.0 Å². The summed E-state index contributed by atoms with van der Waals surface area (Å²) in [5.41, 5.74) is 0.790. The highest BCUT2D eigenvalue weighted by atomic mass is 32.2. The Morgan fingerprint density at radius 3 is 2.24 bits per heavy atom. The highest BCUT2D eigenvalue weighted by molar-refractivity contribution is 7.89. The van der Waals surface area contributed by atoms with E-state index in [-0.39, 0.29) is 29.7 Å². The number of Topliss-reactive ketones (excluding diaryl/α,β-unsaturated/α-hetero) is 1. The first-order valence-electron chi connectivity index (χ1n) is 7.93. The number of amides is 1. The van der Waals surface area contributed by atoms with Gasteiger partial charge in [0, 0.05) is 37.9 Å². The number of nitrogens with zero attached hydrogens (tertiary/aromatic N) is 2. The maximum Gasteiger partial charge on any atom is 0.270 e. The molecule has 0 bridgehead atoms. The summed E-state index contributed by atoms with van der Waals surface area (Å²) in [6.07, 6.45) is 1.51. The average Bonchev–Trinajstić information content (AvgIpc) is 3.12. The van der Waals surface area contributed by atoms with Crippen molar-refractivity contribution in [1.82, 2.24) is 14.2 Å². The van der Waals surface area contributed by atoms with Gasteiger partial charge in [-0.3, -0.25) is 9.59 Å². The first-order chi connectivity index (χ1) is 11.9. The summed E-state index contributed by atoms with van der Waals surface area (Å²) in [6.45, 7) is 2.52. The summed E-state index contributed by atoms with van der Waals surface area (Å²) < 4.78 is 26.6. The normalized spacial score (nSPS) is 16.0. The van der Waals surface area contributed by atoms with Crippen molar-refractivity contribution in [2.45, 2.75) is 11.8 Å². The molecule has 0 saturated carbocycles. The Balaban J connectivity index is 1.67. The standard InChI is InChI=1S/C17H19N3O4S/c1-13(21)14-11-16(18-12-14)17(22)19-7-9-20(10-8-19)25(23,24)15-5-3-2-4-6-15/h2-6,11-12,18H,7-10H2,1H3. The lowest BCUT2D eigenvalue weighted by Crippen LogP contribution is -2.50. The van der Waals surface area contributed by atoms with E-state index in [1.54, 1.807) is 35.2 Å². The molecule has 1 amide bonds. The summed E-state index contributed by atoms with van der Waals surface area (Å²) >= 11 is 0. The van der Waals surface area contributed by atoms with Gasteiger partial charge in [-0.05, 0) is 25.1 Å². The maximum absolute atomic E-state index is 12.6. The fourth-order valence-corrected chi connectivity index (χ4v) is 4.21. The lowest BCUT2D eigenvalue weighted by molar-refractivity contribution is 0.0692. The van der Waals surface area contributed by atoms with Crippen LogP contribution in [0, 0.1) is 0 Å². The van der Waals surface area contributed by atoms with Crippen molar-refractivity contribution < 1.29 is 18.0 Å². The van der Waals surface area contributed by atoms with Crippen molar-refractivity contribution >= 4 is 21.7 Å². The SMILES string of the molecule is CC(=O)c1c[nH]c(C(=O)N2CCN(S(=O)(=O)c3ccccc3)CC2)c1. The van der Waals surface area contributed by atoms with Gasteiger partial charge < -0.3 is 9.88 Å². The number of aromatic amines is 1. The van der Waals surface area contributed by atoms with Crippen LogP contribution in [0.1, 0.15) is 27.8 Å². The second-order valence-corrected chi connectivity index (χ2v) is 7.81. The Kier molecular flexibility index (Phi) is 4.73. The zero-order chi connectivity index (χ0) is 18.0. The van der Waals surface area contributed by atoms with Gasteiger partial charge in [-0.15, -0.1) is 0 Å². The van der Waals surface area contributed by atoms with Crippen LogP contribution in [0.15, 0.2) is 47.5 Å². The quantitative estimate of drug-likeness (QED) is 0.833. The number of hydrogen-bond acceptors (Lipinski definition) is 4. The van der Waals surface area contributed by atoms with Crippen LogP contribution in [0.4, 0.5) is 0 Å². The Bertz CT molecular complexity index is 882. The largest absolute Gasteiger partial charge is 0.356 e. The number of sulfonamides is 1. The molecule has 3 rings (SSSR count). The van der Waals surface area contributed by atoms with E-state index < -0.39 is 10.0 Å². The molecule has 1 aliphatic rings. The molecule has 1 saturated heterocycles. The zero-order valence-corrected chi connectivity index (χ0v) is 14.6. The van der Waals surface area contributed by atoms with Crippen molar-refractivity contribution in [3.8, 4) is 0 Å². The van der Waals surface area contributed by atoms with Crippen LogP contribution < -0.4 is 0 Å². The van der Waals surface area contributed by atoms with E-state index in [0.29, 0.717) is 24.3 Å². The number of rotatable bonds is 4. The topological polar surface area (TPSA) is 90.6 Å². The van der Waals surface area contributed by atoms with E-state index in [2.05, 4.69) is 4.98 Å². The Morgan fingerprint density at radius 1 is 1.04 bits per heavy atom. The molecule has 1 aromatic heterocycles. The smallest absolute Gasteiger partial charge is 0.270 e. The molecule has 0 radical (unpaired) electrons. The minimum absolute atomic E-state index is 0.117. The number of carbonyl (C=O) groups is 2. The molecule has 1 aromatic carbocycles. The predicted octanol–water partition coefficient (Wildman–Crippen LogP) is 1.36. The summed E-state index contributed by atoms with van der Waals surface area (Å²) in [7, 11) is -3.54. The number of ketones is 1. The minimum Gasteiger partial charge on any atom is -0.356 e. The van der Waals surface area contributed by atoms with Crippen molar-refractivity contribution in [2.24, 2.45) is 0 Å². The molecule has 8 heteroatoms. The molecule has 7 nitrogen and oxygen atoms in total. The van der Waals surface area contributed by atoms with Crippen molar-refractivity contribution in [2.75, 3.05) is 26.2 Å². The third-order valence-electron chi connectivity index (χ3n) is 4.23. The van der Waals surface area contributed by atoms with Crippen molar-refractivity contribution in [1.29, 1.82) is 0 Å². The third-order valence-corrected chi connectivity index (χ3v) is 6.14. The maximum atomic E-state index is 12.6. The highest BCUT2D eigenvalue weighted by Gasteiger charge is 2.30. The van der Waals surface area contributed by atoms with Crippen LogP contribution in [0.3, 0.4) is 0 Å². The van der Waals surface area contributed by atoms with Crippen LogP contribution in [0.2, 0.25) is 0 Å². The molecule has 132 valence electrons. The van der Waals surface area contributed by atoms with Crippen LogP contribution >= 0.6 is 0 Å². The van der Waals surface area contributed by atoms with E-state index in [4.69, 9.17) is 0 Å². The molecule has 0 spiro atoms. The molecule has 1 N–H and O–H groups in total. The summed E-state index contributed by atoms with van der Waals surface area (Å²) in [6, 6.07) is 9.79. The molecule has 2 heterocycles. The monoisotopic (exact) mass is 361 g/mol. The number of benzene rings is 1. The van der Waals surface area contributed by atoms with Crippen LogP contribution in [-0.2, 0) is 10.0 Å². The van der Waals surface area contributed by atoms with Gasteiger partial charge in [-0.1, -0.05) is 18.2 Å². The van der Waals surface area contributed by atoms with E-state index in [9.17, 15) is 18.0 Å². The number of piperazine rings is 1. The molecule has 0 unspecified atom stereocenters. The highest BCUT2D eigenvalue weighted by Crippen LogP contribution is 2.18. The summed E-state index contributed by atoms with van der Waals surface area (Å²) in [5.74, 6) is -0.349. The molecular weight excluding hydrogens is 342 g/mol. The van der Waals surface area contributed by atoms with Gasteiger partial charge in [0.25, 0.3) is 5.91 Å². The number of nitrogens with one attached hydrogen (secondary N) is 1. The summed E-state index contributed by atoms with van der Waals surface area (Å²) in [5, 5.41) is 0. The molecule has 0 atom stereocenters. The molecule has 2 aromatic rings. The van der Waals surface area contributed by atoms with Gasteiger partial charge >= 0.3 is 0 Å². The molecule has 1 fully saturated rings. The van der Waals surface area contributed by atoms with Gasteiger partial charge in [-0.25, -0.2) is 8.42 Å². The van der Waals surface area contributed by atoms with Crippen molar-refractivity contribution in [3.05, 3.63) is 53.9 Å². The summed E-state index contributed by atoms with van der Waals surface area (Å²) in [4.78, 5) is 28.5. The Hall–Kier alpha value is -2.45. The molecular formula is C17H19N3O4S. The average molecular weight is 361 g/mol. The van der Waals surface area contributed by atoms with Crippen LogP contribution in [-0.4, -0.2) is 60.5 Å². The number of aromatic nitrogens is 1. The van der Waals surface area contributed by atoms with Crippen LogP contribution in [0.25, 0.3) is 0 Å². The fraction of sp³-hybridized carbons (Fsp3) is 0.294. The third kappa shape index (κ3) is 3.49. The van der Waals surface area contributed by atoms with Crippen LogP contribution in [0.5, 0.6) is 0 Å². The molecule has 25 heavy (non-hydrogen) atoms. The van der Waals surface area contributed by atoms with Gasteiger partial charge in [0.15, 0.2) is 5.78 Å². The number of hydrogen-bond donors (Lipinski definition) is 1. The minimum atomic E-state index is -3.54. The van der Waals surface area contributed by atoms with Gasteiger partial charge in [0.05, 0.1) is 4.90 Å². The number of carbonyl (C=O) groups excluding carboxylic acids is 2. The Morgan fingerprint density at radius 2 is 1.68 bits per heavy atom. The first kappa shape index (κ1) is 17.4. The second-order valence-electron chi connectivity index (χ2n) is 5.87. The zero-order valence-electron chi connectivity index (χ0n) is 13.8. The molecule has 1 aliphatic heterocycles. The van der Waals surface area contributed by atoms with Gasteiger partial charge in [0.1, 0.15) is 5.69 Å². The lowest BCUT2D eigenvalue weighted by Gasteiger charge is -2.33. The van der Waals surface area contributed by atoms with E-state index in [0.717, 1.165) is 0 Å². The fourth-order valence-electron chi connectivity index (χ4n) is 2.76. The predicted molar refractivity (Wildman–Crippen MR) is 91.9 cm³/mol. The van der Waals surface area contributed by atoms with Crippen molar-refractivity contribution in [3.63, 3.8) is 0 Å². The lowest BCUT2D eigenvalue weighted by atomic mass is 10.2. The van der Waals surface area contributed by atoms with E-state index in [1.165, 1.54) is 23.5 Å². The Labute approximate surface area is 146 Å². The molecule has 0 aliphatic carbocycles. The van der Waals surface area contributed by atoms with E-state index >= 15 is 0 Å². The first-order valence-corrected chi connectivity index (χ1v) is 9.37.